The van der Waals surface area contributed by atoms with Gasteiger partial charge < -0.3 is 15.1 Å². The predicted octanol–water partition coefficient (Wildman–Crippen LogP) is 4.76. The number of pyridine rings is 1. The van der Waals surface area contributed by atoms with Crippen LogP contribution in [0.5, 0.6) is 5.88 Å². The summed E-state index contributed by atoms with van der Waals surface area (Å²) in [6.07, 6.45) is 3.34. The highest BCUT2D eigenvalue weighted by Crippen LogP contribution is 2.44. The fourth-order valence-electron chi connectivity index (χ4n) is 4.82. The molecule has 5 rings (SSSR count). The lowest BCUT2D eigenvalue weighted by Gasteiger charge is -2.19. The average molecular weight is 429 g/mol. The molecule has 5 nitrogen and oxygen atoms in total. The molecule has 32 heavy (non-hydrogen) atoms. The second-order valence-electron chi connectivity index (χ2n) is 9.01. The van der Waals surface area contributed by atoms with Gasteiger partial charge in [0.25, 0.3) is 5.91 Å². The van der Waals surface area contributed by atoms with Gasteiger partial charge in [-0.25, -0.2) is 4.98 Å². The van der Waals surface area contributed by atoms with E-state index in [1.54, 1.807) is 24.0 Å². The van der Waals surface area contributed by atoms with Gasteiger partial charge in [-0.15, -0.1) is 0 Å². The molecule has 2 aliphatic rings. The Hall–Kier alpha value is -3.18. The Labute approximate surface area is 188 Å². The number of aliphatic hydroxyl groups is 1. The quantitative estimate of drug-likeness (QED) is 0.614. The van der Waals surface area contributed by atoms with E-state index in [0.717, 1.165) is 23.1 Å². The van der Waals surface area contributed by atoms with Gasteiger partial charge in [-0.3, -0.25) is 4.79 Å². The molecule has 0 radical (unpaired) electrons. The maximum absolute atomic E-state index is 12.9. The number of carbonyl (C=O) groups is 1. The average Bonchev–Trinajstić information content (AvgIpc) is 3.56. The third kappa shape index (κ3) is 3.89. The molecule has 1 amide bonds. The largest absolute Gasteiger partial charge is 0.493 e. The summed E-state index contributed by atoms with van der Waals surface area (Å²) in [5.41, 5.74) is 6.75. The summed E-state index contributed by atoms with van der Waals surface area (Å²) in [6.45, 7) is 2.95. The topological polar surface area (TPSA) is 73.7 Å². The van der Waals surface area contributed by atoms with Crippen molar-refractivity contribution in [2.45, 2.75) is 44.6 Å². The number of amides is 1. The van der Waals surface area contributed by atoms with Crippen molar-refractivity contribution in [1.82, 2.24) is 9.88 Å². The normalized spacial score (nSPS) is 18.2. The van der Waals surface area contributed by atoms with E-state index < -0.39 is 0 Å². The van der Waals surface area contributed by atoms with Gasteiger partial charge in [-0.2, -0.15) is 0 Å². The summed E-state index contributed by atoms with van der Waals surface area (Å²) in [5, 5.41) is 20.0. The molecule has 2 fully saturated rings. The zero-order chi connectivity index (χ0) is 22.2. The van der Waals surface area contributed by atoms with E-state index in [-0.39, 0.29) is 30.0 Å². The Balaban J connectivity index is 1.37. The SMILES string of the molecule is Cc1ccc(C(=O)N2CCC(c3ccc(-c4ccccc4C4CC4)cc3CO)C2)nc1O. The van der Waals surface area contributed by atoms with Crippen molar-refractivity contribution >= 4 is 5.91 Å². The highest BCUT2D eigenvalue weighted by molar-refractivity contribution is 5.92. The number of benzene rings is 2. The Bertz CT molecular complexity index is 1170. The van der Waals surface area contributed by atoms with Crippen molar-refractivity contribution in [1.29, 1.82) is 0 Å². The van der Waals surface area contributed by atoms with Crippen LogP contribution in [0.15, 0.2) is 54.6 Å². The minimum absolute atomic E-state index is 0.0212. The van der Waals surface area contributed by atoms with Gasteiger partial charge in [0.05, 0.1) is 6.61 Å². The van der Waals surface area contributed by atoms with Gasteiger partial charge >= 0.3 is 0 Å². The number of carbonyl (C=O) groups excluding carboxylic acids is 1. The van der Waals surface area contributed by atoms with Crippen LogP contribution in [0.1, 0.15) is 63.8 Å². The molecule has 1 unspecified atom stereocenters. The lowest BCUT2D eigenvalue weighted by molar-refractivity contribution is 0.0784. The van der Waals surface area contributed by atoms with E-state index in [9.17, 15) is 15.0 Å². The number of hydrogen-bond donors (Lipinski definition) is 2. The molecule has 1 aromatic heterocycles. The lowest BCUT2D eigenvalue weighted by atomic mass is 9.89. The fraction of sp³-hybridized carbons (Fsp3) is 0.333. The monoisotopic (exact) mass is 428 g/mol. The van der Waals surface area contributed by atoms with Crippen LogP contribution in [0.4, 0.5) is 0 Å². The fourth-order valence-corrected chi connectivity index (χ4v) is 4.82. The minimum atomic E-state index is -0.164. The standard InChI is InChI=1S/C27H28N2O3/c1-17-6-11-25(28-26(17)31)27(32)29-13-12-20(15-29)22-10-9-19(14-21(22)16-30)24-5-3-2-4-23(24)18-7-8-18/h2-6,9-11,14,18,20,30H,7-8,12-13,15-16H2,1H3,(H,28,31). The molecule has 164 valence electrons. The molecule has 2 heterocycles. The Morgan fingerprint density at radius 3 is 2.59 bits per heavy atom. The molecule has 0 spiro atoms. The molecular formula is C27H28N2O3. The van der Waals surface area contributed by atoms with Crippen molar-refractivity contribution < 1.29 is 15.0 Å². The summed E-state index contributed by atoms with van der Waals surface area (Å²) in [4.78, 5) is 18.7. The van der Waals surface area contributed by atoms with Crippen LogP contribution in [0, 0.1) is 6.92 Å². The smallest absolute Gasteiger partial charge is 0.272 e. The third-order valence-electron chi connectivity index (χ3n) is 6.81. The molecule has 1 aliphatic carbocycles. The van der Waals surface area contributed by atoms with Gasteiger partial charge in [0.1, 0.15) is 5.69 Å². The zero-order valence-electron chi connectivity index (χ0n) is 18.3. The van der Waals surface area contributed by atoms with Crippen molar-refractivity contribution in [3.8, 4) is 17.0 Å². The minimum Gasteiger partial charge on any atom is -0.493 e. The van der Waals surface area contributed by atoms with E-state index in [1.165, 1.54) is 24.0 Å². The Morgan fingerprint density at radius 2 is 1.84 bits per heavy atom. The van der Waals surface area contributed by atoms with E-state index in [1.807, 2.05) is 0 Å². The number of aryl methyl sites for hydroxylation is 1. The molecule has 1 atom stereocenters. The lowest BCUT2D eigenvalue weighted by Crippen LogP contribution is -2.29. The first kappa shape index (κ1) is 20.7. The highest BCUT2D eigenvalue weighted by Gasteiger charge is 2.31. The van der Waals surface area contributed by atoms with Crippen LogP contribution in [0.3, 0.4) is 0 Å². The number of hydrogen-bond acceptors (Lipinski definition) is 4. The summed E-state index contributed by atoms with van der Waals surface area (Å²) in [7, 11) is 0. The molecule has 2 aromatic carbocycles. The van der Waals surface area contributed by atoms with Crippen molar-refractivity contribution in [2.75, 3.05) is 13.1 Å². The van der Waals surface area contributed by atoms with Gasteiger partial charge in [-0.1, -0.05) is 42.5 Å². The van der Waals surface area contributed by atoms with E-state index in [0.29, 0.717) is 24.6 Å². The van der Waals surface area contributed by atoms with Crippen molar-refractivity contribution in [3.63, 3.8) is 0 Å². The van der Waals surface area contributed by atoms with Gasteiger partial charge in [0, 0.05) is 24.6 Å². The van der Waals surface area contributed by atoms with E-state index in [4.69, 9.17) is 0 Å². The zero-order valence-corrected chi connectivity index (χ0v) is 18.3. The maximum Gasteiger partial charge on any atom is 0.272 e. The summed E-state index contributed by atoms with van der Waals surface area (Å²) < 4.78 is 0. The molecular weight excluding hydrogens is 400 g/mol. The van der Waals surface area contributed by atoms with Crippen LogP contribution in [-0.2, 0) is 6.61 Å². The number of rotatable bonds is 5. The molecule has 2 N–H and O–H groups in total. The molecule has 1 saturated carbocycles. The number of aromatic hydroxyl groups is 1. The van der Waals surface area contributed by atoms with Gasteiger partial charge in [0.15, 0.2) is 0 Å². The van der Waals surface area contributed by atoms with E-state index in [2.05, 4.69) is 47.4 Å². The summed E-state index contributed by atoms with van der Waals surface area (Å²) in [6, 6.07) is 18.3. The van der Waals surface area contributed by atoms with Crippen LogP contribution in [0.2, 0.25) is 0 Å². The third-order valence-corrected chi connectivity index (χ3v) is 6.81. The van der Waals surface area contributed by atoms with Gasteiger partial charge in [-0.05, 0) is 72.1 Å². The molecule has 5 heteroatoms. The second kappa shape index (κ2) is 8.40. The predicted molar refractivity (Wildman–Crippen MR) is 124 cm³/mol. The Morgan fingerprint density at radius 1 is 1.03 bits per heavy atom. The Kier molecular flexibility index (Phi) is 5.43. The number of aliphatic hydroxyl groups excluding tert-OH is 1. The van der Waals surface area contributed by atoms with Crippen LogP contribution < -0.4 is 0 Å². The van der Waals surface area contributed by atoms with Crippen LogP contribution >= 0.6 is 0 Å². The summed E-state index contributed by atoms with van der Waals surface area (Å²) in [5.74, 6) is 0.570. The molecule has 3 aromatic rings. The number of nitrogens with zero attached hydrogens (tertiary/aromatic N) is 2. The highest BCUT2D eigenvalue weighted by atomic mass is 16.3. The first-order valence-electron chi connectivity index (χ1n) is 11.3. The van der Waals surface area contributed by atoms with Gasteiger partial charge in [0.2, 0.25) is 5.88 Å². The van der Waals surface area contributed by atoms with Crippen LogP contribution in [0.25, 0.3) is 11.1 Å². The number of aromatic nitrogens is 1. The van der Waals surface area contributed by atoms with Crippen LogP contribution in [-0.4, -0.2) is 39.1 Å². The van der Waals surface area contributed by atoms with Crippen molar-refractivity contribution in [3.05, 3.63) is 82.5 Å². The maximum atomic E-state index is 12.9. The number of likely N-dealkylation sites (tertiary alicyclic amines) is 1. The first-order valence-corrected chi connectivity index (χ1v) is 11.3. The first-order chi connectivity index (χ1) is 15.5. The van der Waals surface area contributed by atoms with Crippen molar-refractivity contribution in [2.24, 2.45) is 0 Å². The molecule has 1 saturated heterocycles. The second-order valence-corrected chi connectivity index (χ2v) is 9.01. The summed E-state index contributed by atoms with van der Waals surface area (Å²) >= 11 is 0. The van der Waals surface area contributed by atoms with E-state index >= 15 is 0 Å². The molecule has 1 aliphatic heterocycles. The molecule has 0 bridgehead atoms.